The summed E-state index contributed by atoms with van der Waals surface area (Å²) in [5.74, 6) is 0.676. The number of fused-ring (bicyclic) bond motifs is 1. The molecule has 1 heterocycles. The molecule has 1 aromatic rings. The van der Waals surface area contributed by atoms with Crippen LogP contribution in [0.2, 0.25) is 0 Å². The lowest BCUT2D eigenvalue weighted by Crippen LogP contribution is -2.39. The summed E-state index contributed by atoms with van der Waals surface area (Å²) in [5, 5.41) is 12.7. The zero-order valence-electron chi connectivity index (χ0n) is 19.3. The van der Waals surface area contributed by atoms with Crippen LogP contribution in [0, 0.1) is 5.92 Å². The van der Waals surface area contributed by atoms with E-state index in [1.54, 1.807) is 32.9 Å². The summed E-state index contributed by atoms with van der Waals surface area (Å²) >= 11 is 0. The first-order valence-corrected chi connectivity index (χ1v) is 10.7. The van der Waals surface area contributed by atoms with Crippen molar-refractivity contribution in [3.8, 4) is 5.75 Å². The summed E-state index contributed by atoms with van der Waals surface area (Å²) < 4.78 is 48.9. The van der Waals surface area contributed by atoms with Gasteiger partial charge in [0.1, 0.15) is 17.1 Å². The maximum Gasteiger partial charge on any atom is 0.407 e. The van der Waals surface area contributed by atoms with E-state index in [1.807, 2.05) is 4.90 Å². The molecule has 0 saturated heterocycles. The first kappa shape index (κ1) is 25.7. The van der Waals surface area contributed by atoms with E-state index in [0.717, 1.165) is 5.56 Å². The van der Waals surface area contributed by atoms with E-state index >= 15 is 0 Å². The molecule has 2 N–H and O–H groups in total. The van der Waals surface area contributed by atoms with Gasteiger partial charge in [-0.2, -0.15) is 13.2 Å². The molecule has 0 radical (unpaired) electrons. The first-order chi connectivity index (χ1) is 14.7. The van der Waals surface area contributed by atoms with Gasteiger partial charge in [-0.15, -0.1) is 0 Å². The maximum atomic E-state index is 12.6. The Labute approximate surface area is 187 Å². The van der Waals surface area contributed by atoms with Gasteiger partial charge in [0.05, 0.1) is 18.8 Å². The van der Waals surface area contributed by atoms with E-state index < -0.39 is 24.3 Å². The number of carbonyl (C=O) groups is 1. The van der Waals surface area contributed by atoms with Crippen LogP contribution in [0.3, 0.4) is 0 Å². The summed E-state index contributed by atoms with van der Waals surface area (Å²) in [7, 11) is 0. The number of ether oxygens (including phenoxy) is 2. The zero-order chi connectivity index (χ0) is 24.1. The Kier molecular flexibility index (Phi) is 8.31. The van der Waals surface area contributed by atoms with Gasteiger partial charge in [-0.1, -0.05) is 19.9 Å². The minimum Gasteiger partial charge on any atom is -0.508 e. The van der Waals surface area contributed by atoms with Crippen molar-refractivity contribution in [1.82, 2.24) is 10.2 Å². The van der Waals surface area contributed by atoms with E-state index in [9.17, 15) is 23.1 Å². The molecule has 1 aliphatic heterocycles. The SMILES string of the molecule is CC(C)CN1Cc2ccc(O)cc2C(OCCCC(F)(F)F)=C1CNC(=O)OC(C)(C)C. The van der Waals surface area contributed by atoms with Gasteiger partial charge in [0.25, 0.3) is 0 Å². The minimum atomic E-state index is -4.26. The van der Waals surface area contributed by atoms with Gasteiger partial charge in [0, 0.05) is 25.1 Å². The van der Waals surface area contributed by atoms with Crippen LogP contribution in [0.25, 0.3) is 5.76 Å². The van der Waals surface area contributed by atoms with E-state index in [-0.39, 0.29) is 31.2 Å². The monoisotopic (exact) mass is 458 g/mol. The Morgan fingerprint density at radius 3 is 2.53 bits per heavy atom. The fourth-order valence-electron chi connectivity index (χ4n) is 3.40. The Morgan fingerprint density at radius 2 is 1.94 bits per heavy atom. The number of nitrogens with one attached hydrogen (secondary N) is 1. The van der Waals surface area contributed by atoms with Crippen LogP contribution in [0.1, 0.15) is 58.6 Å². The molecule has 2 rings (SSSR count). The number of alkyl carbamates (subject to hydrolysis) is 1. The number of hydrogen-bond donors (Lipinski definition) is 2. The van der Waals surface area contributed by atoms with E-state index in [1.165, 1.54) is 6.07 Å². The summed E-state index contributed by atoms with van der Waals surface area (Å²) in [4.78, 5) is 14.3. The largest absolute Gasteiger partial charge is 0.508 e. The summed E-state index contributed by atoms with van der Waals surface area (Å²) in [6.07, 6.45) is -6.01. The zero-order valence-corrected chi connectivity index (χ0v) is 19.3. The van der Waals surface area contributed by atoms with Crippen LogP contribution in [-0.2, 0) is 16.0 Å². The van der Waals surface area contributed by atoms with E-state index in [2.05, 4.69) is 19.2 Å². The van der Waals surface area contributed by atoms with Crippen molar-refractivity contribution < 1.29 is 32.5 Å². The molecular formula is C23H33F3N2O4. The Hall–Kier alpha value is -2.58. The quantitative estimate of drug-likeness (QED) is 0.510. The number of alkyl halides is 3. The van der Waals surface area contributed by atoms with Crippen molar-refractivity contribution in [3.63, 3.8) is 0 Å². The van der Waals surface area contributed by atoms with Gasteiger partial charge in [-0.3, -0.25) is 0 Å². The van der Waals surface area contributed by atoms with Gasteiger partial charge in [-0.25, -0.2) is 4.79 Å². The normalized spacial score (nSPS) is 14.5. The fourth-order valence-corrected chi connectivity index (χ4v) is 3.40. The molecule has 180 valence electrons. The number of phenols is 1. The highest BCUT2D eigenvalue weighted by Crippen LogP contribution is 2.35. The van der Waals surface area contributed by atoms with Crippen molar-refractivity contribution in [2.24, 2.45) is 5.92 Å². The summed E-state index contributed by atoms with van der Waals surface area (Å²) in [5.41, 5.74) is 1.46. The number of rotatable bonds is 8. The number of carbonyl (C=O) groups excluding carboxylic acids is 1. The molecule has 0 bridgehead atoms. The van der Waals surface area contributed by atoms with Gasteiger partial charge < -0.3 is 24.8 Å². The van der Waals surface area contributed by atoms with E-state index in [4.69, 9.17) is 9.47 Å². The van der Waals surface area contributed by atoms with Crippen molar-refractivity contribution in [3.05, 3.63) is 35.0 Å². The van der Waals surface area contributed by atoms with Crippen molar-refractivity contribution in [1.29, 1.82) is 0 Å². The molecule has 1 aliphatic rings. The van der Waals surface area contributed by atoms with E-state index in [0.29, 0.717) is 30.1 Å². The molecule has 0 saturated carbocycles. The lowest BCUT2D eigenvalue weighted by atomic mass is 9.97. The molecular weight excluding hydrogens is 425 g/mol. The molecule has 32 heavy (non-hydrogen) atoms. The lowest BCUT2D eigenvalue weighted by molar-refractivity contribution is -0.136. The molecule has 0 fully saturated rings. The lowest BCUT2D eigenvalue weighted by Gasteiger charge is -2.36. The Bertz CT molecular complexity index is 830. The highest BCUT2D eigenvalue weighted by Gasteiger charge is 2.29. The second-order valence-corrected chi connectivity index (χ2v) is 9.31. The third-order valence-corrected chi connectivity index (χ3v) is 4.58. The second kappa shape index (κ2) is 10.4. The fraction of sp³-hybridized carbons (Fsp3) is 0.609. The molecule has 6 nitrogen and oxygen atoms in total. The molecule has 1 aromatic carbocycles. The number of phenolic OH excluding ortho intramolecular Hbond substituents is 1. The van der Waals surface area contributed by atoms with Crippen molar-refractivity contribution >= 4 is 11.9 Å². The van der Waals surface area contributed by atoms with Gasteiger partial charge in [0.2, 0.25) is 0 Å². The number of amides is 1. The molecule has 1 amide bonds. The predicted molar refractivity (Wildman–Crippen MR) is 116 cm³/mol. The number of nitrogens with zero attached hydrogens (tertiary/aromatic N) is 1. The number of halogens is 3. The minimum absolute atomic E-state index is 0.0249. The highest BCUT2D eigenvalue weighted by molar-refractivity contribution is 5.72. The van der Waals surface area contributed by atoms with Crippen LogP contribution in [0.5, 0.6) is 5.75 Å². The number of benzene rings is 1. The molecule has 0 aromatic heterocycles. The molecule has 0 spiro atoms. The average molecular weight is 459 g/mol. The van der Waals surface area contributed by atoms with Crippen LogP contribution < -0.4 is 5.32 Å². The van der Waals surface area contributed by atoms with Crippen LogP contribution in [0.15, 0.2) is 23.9 Å². The Balaban J connectivity index is 2.35. The maximum absolute atomic E-state index is 12.6. The molecule has 0 atom stereocenters. The smallest absolute Gasteiger partial charge is 0.407 e. The molecule has 0 unspecified atom stereocenters. The predicted octanol–water partition coefficient (Wildman–Crippen LogP) is 5.42. The number of aromatic hydroxyl groups is 1. The molecule has 9 heteroatoms. The highest BCUT2D eigenvalue weighted by atomic mass is 19.4. The van der Waals surface area contributed by atoms with Gasteiger partial charge in [0.15, 0.2) is 0 Å². The third kappa shape index (κ3) is 8.16. The van der Waals surface area contributed by atoms with Crippen LogP contribution in [0.4, 0.5) is 18.0 Å². The second-order valence-electron chi connectivity index (χ2n) is 9.31. The summed E-state index contributed by atoms with van der Waals surface area (Å²) in [6, 6.07) is 4.88. The topological polar surface area (TPSA) is 71.0 Å². The van der Waals surface area contributed by atoms with Crippen LogP contribution >= 0.6 is 0 Å². The summed E-state index contributed by atoms with van der Waals surface area (Å²) in [6.45, 7) is 10.5. The third-order valence-electron chi connectivity index (χ3n) is 4.58. The number of hydrogen-bond acceptors (Lipinski definition) is 5. The first-order valence-electron chi connectivity index (χ1n) is 10.7. The average Bonchev–Trinajstić information content (AvgIpc) is 2.61. The van der Waals surface area contributed by atoms with Crippen LogP contribution in [-0.4, -0.2) is 47.6 Å². The Morgan fingerprint density at radius 1 is 1.25 bits per heavy atom. The van der Waals surface area contributed by atoms with Gasteiger partial charge in [-0.05, 0) is 50.8 Å². The van der Waals surface area contributed by atoms with Crippen molar-refractivity contribution in [2.75, 3.05) is 19.7 Å². The van der Waals surface area contributed by atoms with Gasteiger partial charge >= 0.3 is 12.3 Å². The van der Waals surface area contributed by atoms with Crippen molar-refractivity contribution in [2.45, 2.75) is 65.8 Å². The standard InChI is InChI=1S/C23H33F3N2O4/c1-15(2)13-28-14-16-7-8-17(29)11-18(16)20(31-10-6-9-23(24,25)26)19(28)12-27-21(30)32-22(3,4)5/h7-8,11,15,29H,6,9-10,12-14H2,1-5H3,(H,27,30). The molecule has 0 aliphatic carbocycles.